The first-order chi connectivity index (χ1) is 5.61. The van der Waals surface area contributed by atoms with Gasteiger partial charge in [0.05, 0.1) is 0 Å². The number of hydrogen-bond donors (Lipinski definition) is 4. The number of hydrogen-bond acceptors (Lipinski definition) is 4. The maximum absolute atomic E-state index is 8.72. The molecule has 0 radical (unpaired) electrons. The molecule has 0 spiro atoms. The van der Waals surface area contributed by atoms with Crippen LogP contribution in [0.1, 0.15) is 0 Å². The van der Waals surface area contributed by atoms with Crippen LogP contribution in [0.4, 0.5) is 0 Å². The monoisotopic (exact) mass is 166 g/mol. The topological polar surface area (TPSA) is 80.9 Å². The van der Waals surface area contributed by atoms with Gasteiger partial charge in [0.25, 0.3) is 0 Å². The van der Waals surface area contributed by atoms with Crippen molar-refractivity contribution in [3.8, 4) is 0 Å². The molecule has 1 aromatic carbocycles. The molecule has 0 saturated carbocycles. The fourth-order valence-corrected chi connectivity index (χ4v) is 0.880. The van der Waals surface area contributed by atoms with Crippen molar-refractivity contribution >= 4 is 25.2 Å². The van der Waals surface area contributed by atoms with Gasteiger partial charge < -0.3 is 20.1 Å². The van der Waals surface area contributed by atoms with Gasteiger partial charge in [-0.2, -0.15) is 0 Å². The second-order valence-electron chi connectivity index (χ2n) is 2.42. The molecule has 0 aliphatic heterocycles. The van der Waals surface area contributed by atoms with Gasteiger partial charge in [-0.3, -0.25) is 0 Å². The van der Waals surface area contributed by atoms with Crippen molar-refractivity contribution in [2.24, 2.45) is 0 Å². The Kier molecular flexibility index (Phi) is 2.88. The summed E-state index contributed by atoms with van der Waals surface area (Å²) in [5, 5.41) is 34.9. The van der Waals surface area contributed by atoms with E-state index in [9.17, 15) is 0 Å². The van der Waals surface area contributed by atoms with E-state index in [4.69, 9.17) is 20.1 Å². The van der Waals surface area contributed by atoms with Gasteiger partial charge >= 0.3 is 14.2 Å². The third-order valence-electron chi connectivity index (χ3n) is 1.51. The Morgan fingerprint density at radius 1 is 0.833 bits per heavy atom. The highest BCUT2D eigenvalue weighted by Crippen LogP contribution is 1.83. The first-order valence-electron chi connectivity index (χ1n) is 3.43. The molecular weight excluding hydrogens is 158 g/mol. The van der Waals surface area contributed by atoms with Crippen LogP contribution in [0.5, 0.6) is 0 Å². The Labute approximate surface area is 70.4 Å². The normalized spacial score (nSPS) is 9.67. The summed E-state index contributed by atoms with van der Waals surface area (Å²) in [7, 11) is -3.16. The summed E-state index contributed by atoms with van der Waals surface area (Å²) < 4.78 is 0. The van der Waals surface area contributed by atoms with E-state index in [2.05, 4.69) is 0 Å². The molecular formula is C6H8B2O4. The second-order valence-corrected chi connectivity index (χ2v) is 2.42. The predicted molar refractivity (Wildman–Crippen MR) is 46.1 cm³/mol. The highest BCUT2D eigenvalue weighted by atomic mass is 16.4. The SMILES string of the molecule is OB(O)c1cccc(B(O)O)c1. The minimum Gasteiger partial charge on any atom is -0.423 e. The Bertz CT molecular complexity index is 240. The van der Waals surface area contributed by atoms with E-state index in [1.165, 1.54) is 24.3 Å². The van der Waals surface area contributed by atoms with Crippen LogP contribution in [-0.4, -0.2) is 34.3 Å². The summed E-state index contributed by atoms with van der Waals surface area (Å²) >= 11 is 0. The molecule has 1 aromatic rings. The van der Waals surface area contributed by atoms with Gasteiger partial charge in [0.15, 0.2) is 0 Å². The van der Waals surface area contributed by atoms with Gasteiger partial charge in [0.1, 0.15) is 0 Å². The first kappa shape index (κ1) is 9.28. The van der Waals surface area contributed by atoms with Crippen LogP contribution in [0, 0.1) is 0 Å². The minimum atomic E-state index is -1.58. The van der Waals surface area contributed by atoms with Gasteiger partial charge in [-0.25, -0.2) is 0 Å². The third kappa shape index (κ3) is 2.09. The smallest absolute Gasteiger partial charge is 0.423 e. The van der Waals surface area contributed by atoms with Crippen LogP contribution < -0.4 is 10.9 Å². The van der Waals surface area contributed by atoms with E-state index in [0.29, 0.717) is 0 Å². The summed E-state index contributed by atoms with van der Waals surface area (Å²) in [4.78, 5) is 0. The molecule has 12 heavy (non-hydrogen) atoms. The molecule has 1 rings (SSSR count). The molecule has 0 heterocycles. The lowest BCUT2D eigenvalue weighted by Crippen LogP contribution is -2.37. The van der Waals surface area contributed by atoms with Gasteiger partial charge in [-0.05, 0) is 10.9 Å². The van der Waals surface area contributed by atoms with E-state index in [0.717, 1.165) is 0 Å². The molecule has 0 fully saturated rings. The molecule has 0 aliphatic carbocycles. The zero-order valence-corrected chi connectivity index (χ0v) is 6.25. The quantitative estimate of drug-likeness (QED) is 0.354. The molecule has 62 valence electrons. The maximum atomic E-state index is 8.72. The van der Waals surface area contributed by atoms with Crippen LogP contribution in [-0.2, 0) is 0 Å². The lowest BCUT2D eigenvalue weighted by atomic mass is 9.73. The molecule has 0 aliphatic rings. The van der Waals surface area contributed by atoms with Crippen molar-refractivity contribution < 1.29 is 20.1 Å². The fourth-order valence-electron chi connectivity index (χ4n) is 0.880. The Morgan fingerprint density at radius 3 is 1.58 bits per heavy atom. The Hall–Kier alpha value is -0.810. The molecule has 4 nitrogen and oxygen atoms in total. The van der Waals surface area contributed by atoms with Crippen molar-refractivity contribution in [3.63, 3.8) is 0 Å². The summed E-state index contributed by atoms with van der Waals surface area (Å²) in [5.41, 5.74) is 0.473. The average molecular weight is 166 g/mol. The van der Waals surface area contributed by atoms with E-state index in [1.54, 1.807) is 0 Å². The number of benzene rings is 1. The highest BCUT2D eigenvalue weighted by molar-refractivity contribution is 6.62. The van der Waals surface area contributed by atoms with Crippen molar-refractivity contribution in [3.05, 3.63) is 24.3 Å². The average Bonchev–Trinajstić information content (AvgIpc) is 2.04. The minimum absolute atomic E-state index is 0.237. The van der Waals surface area contributed by atoms with Crippen LogP contribution in [0.3, 0.4) is 0 Å². The van der Waals surface area contributed by atoms with Crippen LogP contribution >= 0.6 is 0 Å². The van der Waals surface area contributed by atoms with Crippen molar-refractivity contribution in [1.82, 2.24) is 0 Å². The fraction of sp³-hybridized carbons (Fsp3) is 0. The third-order valence-corrected chi connectivity index (χ3v) is 1.51. The summed E-state index contributed by atoms with van der Waals surface area (Å²) in [6, 6.07) is 5.80. The van der Waals surface area contributed by atoms with Gasteiger partial charge in [0.2, 0.25) is 0 Å². The molecule has 0 unspecified atom stereocenters. The molecule has 0 aromatic heterocycles. The van der Waals surface area contributed by atoms with Crippen LogP contribution in [0.25, 0.3) is 0 Å². The van der Waals surface area contributed by atoms with Crippen molar-refractivity contribution in [2.45, 2.75) is 0 Å². The van der Waals surface area contributed by atoms with Crippen LogP contribution in [0.2, 0.25) is 0 Å². The Morgan fingerprint density at radius 2 is 1.25 bits per heavy atom. The predicted octanol–water partition coefficient (Wildman–Crippen LogP) is -2.95. The highest BCUT2D eigenvalue weighted by Gasteiger charge is 2.15. The van der Waals surface area contributed by atoms with E-state index in [-0.39, 0.29) is 10.9 Å². The molecule has 6 heteroatoms. The lowest BCUT2D eigenvalue weighted by Gasteiger charge is -2.02. The molecule has 0 atom stereocenters. The maximum Gasteiger partial charge on any atom is 0.488 e. The summed E-state index contributed by atoms with van der Waals surface area (Å²) in [6.45, 7) is 0. The molecule has 0 bridgehead atoms. The lowest BCUT2D eigenvalue weighted by molar-refractivity contribution is 0.425. The Balaban J connectivity index is 2.96. The molecule has 0 amide bonds. The van der Waals surface area contributed by atoms with E-state index >= 15 is 0 Å². The van der Waals surface area contributed by atoms with Crippen molar-refractivity contribution in [1.29, 1.82) is 0 Å². The molecule has 4 N–H and O–H groups in total. The zero-order chi connectivity index (χ0) is 9.14. The zero-order valence-electron chi connectivity index (χ0n) is 6.25. The van der Waals surface area contributed by atoms with Gasteiger partial charge in [0, 0.05) is 0 Å². The standard InChI is InChI=1S/C6H8B2O4/c9-7(10)5-2-1-3-6(4-5)8(11)12/h1-4,9-12H. The van der Waals surface area contributed by atoms with E-state index in [1.807, 2.05) is 0 Å². The van der Waals surface area contributed by atoms with E-state index < -0.39 is 14.2 Å². The summed E-state index contributed by atoms with van der Waals surface area (Å²) in [5.74, 6) is 0. The summed E-state index contributed by atoms with van der Waals surface area (Å²) in [6.07, 6.45) is 0. The van der Waals surface area contributed by atoms with Gasteiger partial charge in [-0.1, -0.05) is 24.3 Å². The number of rotatable bonds is 2. The first-order valence-corrected chi connectivity index (χ1v) is 3.43. The molecule has 0 saturated heterocycles. The van der Waals surface area contributed by atoms with Crippen LogP contribution in [0.15, 0.2) is 24.3 Å². The van der Waals surface area contributed by atoms with Gasteiger partial charge in [-0.15, -0.1) is 0 Å². The largest absolute Gasteiger partial charge is 0.488 e. The van der Waals surface area contributed by atoms with Crippen molar-refractivity contribution in [2.75, 3.05) is 0 Å². The second kappa shape index (κ2) is 3.73.